The molecule has 0 spiro atoms. The van der Waals surface area contributed by atoms with Crippen LogP contribution in [-0.4, -0.2) is 15.6 Å². The summed E-state index contributed by atoms with van der Waals surface area (Å²) in [4.78, 5) is 4.18. The smallest absolute Gasteiger partial charge is 0.138 e. The summed E-state index contributed by atoms with van der Waals surface area (Å²) in [5.74, 6) is 0. The average molecular weight is 224 g/mol. The van der Waals surface area contributed by atoms with E-state index in [2.05, 4.69) is 20.9 Å². The molecule has 0 aliphatic heterocycles. The number of pyridine rings is 1. The fourth-order valence-corrected chi connectivity index (χ4v) is 1.50. The van der Waals surface area contributed by atoms with Crippen LogP contribution in [0.1, 0.15) is 5.69 Å². The molecule has 0 bridgehead atoms. The van der Waals surface area contributed by atoms with Gasteiger partial charge in [-0.1, -0.05) is 6.07 Å². The molecular formula is C8H6BrN3. The maximum Gasteiger partial charge on any atom is 0.138 e. The number of halogens is 1. The zero-order chi connectivity index (χ0) is 8.55. The normalized spacial score (nSPS) is 10.4. The molecule has 2 heterocycles. The zero-order valence-electron chi connectivity index (χ0n) is 6.16. The number of imidazole rings is 1. The summed E-state index contributed by atoms with van der Waals surface area (Å²) in [7, 11) is 0. The first kappa shape index (κ1) is 7.49. The van der Waals surface area contributed by atoms with E-state index >= 15 is 0 Å². The first-order valence-electron chi connectivity index (χ1n) is 3.45. The van der Waals surface area contributed by atoms with E-state index in [1.807, 2.05) is 28.8 Å². The molecule has 0 saturated carbocycles. The number of nitrogens with zero attached hydrogens (tertiary/aromatic N) is 2. The molecule has 0 aliphatic rings. The summed E-state index contributed by atoms with van der Waals surface area (Å²) in [6.45, 7) is 0. The molecule has 0 aliphatic carbocycles. The maximum atomic E-state index is 7.03. The van der Waals surface area contributed by atoms with Crippen molar-refractivity contribution in [2.45, 2.75) is 0 Å². The van der Waals surface area contributed by atoms with Gasteiger partial charge >= 0.3 is 0 Å². The van der Waals surface area contributed by atoms with Crippen LogP contribution in [0, 0.1) is 5.41 Å². The second-order valence-electron chi connectivity index (χ2n) is 2.39. The summed E-state index contributed by atoms with van der Waals surface area (Å²) in [6, 6.07) is 5.75. The lowest BCUT2D eigenvalue weighted by Crippen LogP contribution is -1.82. The van der Waals surface area contributed by atoms with Crippen molar-refractivity contribution in [2.24, 2.45) is 0 Å². The number of hydrogen-bond donors (Lipinski definition) is 1. The van der Waals surface area contributed by atoms with Gasteiger partial charge in [-0.05, 0) is 28.1 Å². The van der Waals surface area contributed by atoms with Crippen LogP contribution in [0.2, 0.25) is 0 Å². The minimum atomic E-state index is 0.668. The predicted molar refractivity (Wildman–Crippen MR) is 50.8 cm³/mol. The molecule has 0 fully saturated rings. The van der Waals surface area contributed by atoms with Gasteiger partial charge in [0.15, 0.2) is 0 Å². The van der Waals surface area contributed by atoms with Crippen LogP contribution in [0.15, 0.2) is 29.0 Å². The third kappa shape index (κ3) is 1.04. The second-order valence-corrected chi connectivity index (χ2v) is 3.20. The molecule has 2 aromatic heterocycles. The highest BCUT2D eigenvalue weighted by Crippen LogP contribution is 2.12. The Kier molecular flexibility index (Phi) is 1.69. The highest BCUT2D eigenvalue weighted by atomic mass is 79.9. The largest absolute Gasteiger partial charge is 0.306 e. The molecule has 0 saturated heterocycles. The standard InChI is InChI=1S/C8H6BrN3/c9-7-2-1-3-8-11-6(4-10)5-12(7)8/h1-5,10H. The minimum absolute atomic E-state index is 0.668. The minimum Gasteiger partial charge on any atom is -0.306 e. The van der Waals surface area contributed by atoms with Gasteiger partial charge in [-0.2, -0.15) is 0 Å². The summed E-state index contributed by atoms with van der Waals surface area (Å²) >= 11 is 3.39. The molecule has 0 radical (unpaired) electrons. The molecule has 3 nitrogen and oxygen atoms in total. The predicted octanol–water partition coefficient (Wildman–Crippen LogP) is 2.09. The second kappa shape index (κ2) is 2.71. The van der Waals surface area contributed by atoms with Gasteiger partial charge in [0.1, 0.15) is 5.65 Å². The summed E-state index contributed by atoms with van der Waals surface area (Å²) < 4.78 is 2.83. The Morgan fingerprint density at radius 3 is 3.00 bits per heavy atom. The molecule has 2 aromatic rings. The van der Waals surface area contributed by atoms with E-state index in [4.69, 9.17) is 5.41 Å². The van der Waals surface area contributed by atoms with E-state index < -0.39 is 0 Å². The van der Waals surface area contributed by atoms with Crippen molar-refractivity contribution >= 4 is 27.8 Å². The van der Waals surface area contributed by atoms with Crippen LogP contribution in [0.3, 0.4) is 0 Å². The first-order chi connectivity index (χ1) is 5.81. The first-order valence-corrected chi connectivity index (χ1v) is 4.24. The number of nitrogens with one attached hydrogen (secondary N) is 1. The van der Waals surface area contributed by atoms with Gasteiger partial charge in [-0.15, -0.1) is 0 Å². The van der Waals surface area contributed by atoms with E-state index in [-0.39, 0.29) is 0 Å². The Morgan fingerprint density at radius 2 is 2.33 bits per heavy atom. The van der Waals surface area contributed by atoms with Crippen molar-refractivity contribution in [3.8, 4) is 0 Å². The Hall–Kier alpha value is -1.16. The summed E-state index contributed by atoms with van der Waals surface area (Å²) in [5.41, 5.74) is 1.52. The Morgan fingerprint density at radius 1 is 1.50 bits per heavy atom. The van der Waals surface area contributed by atoms with Crippen LogP contribution in [0.25, 0.3) is 5.65 Å². The average Bonchev–Trinajstić information content (AvgIpc) is 2.49. The van der Waals surface area contributed by atoms with Crippen LogP contribution >= 0.6 is 15.9 Å². The van der Waals surface area contributed by atoms with Crippen molar-refractivity contribution < 1.29 is 0 Å². The Bertz CT molecular complexity index is 433. The number of aromatic nitrogens is 2. The quantitative estimate of drug-likeness (QED) is 0.584. The van der Waals surface area contributed by atoms with Crippen molar-refractivity contribution in [3.63, 3.8) is 0 Å². The third-order valence-electron chi connectivity index (χ3n) is 1.61. The van der Waals surface area contributed by atoms with Gasteiger partial charge in [0.25, 0.3) is 0 Å². The van der Waals surface area contributed by atoms with Crippen LogP contribution in [-0.2, 0) is 0 Å². The van der Waals surface area contributed by atoms with E-state index in [9.17, 15) is 0 Å². The highest BCUT2D eigenvalue weighted by molar-refractivity contribution is 9.10. The molecule has 4 heteroatoms. The monoisotopic (exact) mass is 223 g/mol. The molecule has 0 amide bonds. The van der Waals surface area contributed by atoms with E-state index in [1.54, 1.807) is 0 Å². The van der Waals surface area contributed by atoms with Gasteiger partial charge in [0.2, 0.25) is 0 Å². The zero-order valence-corrected chi connectivity index (χ0v) is 7.75. The maximum absolute atomic E-state index is 7.03. The van der Waals surface area contributed by atoms with E-state index in [1.165, 1.54) is 6.21 Å². The molecule has 2 rings (SSSR count). The topological polar surface area (TPSA) is 41.2 Å². The van der Waals surface area contributed by atoms with Gasteiger partial charge in [0.05, 0.1) is 10.3 Å². The Balaban J connectivity index is 2.82. The number of hydrogen-bond acceptors (Lipinski definition) is 2. The lowest BCUT2D eigenvalue weighted by atomic mass is 10.5. The fraction of sp³-hybridized carbons (Fsp3) is 0. The van der Waals surface area contributed by atoms with Crippen molar-refractivity contribution in [1.29, 1.82) is 5.41 Å². The molecule has 60 valence electrons. The third-order valence-corrected chi connectivity index (χ3v) is 2.26. The molecule has 1 N–H and O–H groups in total. The molecule has 0 unspecified atom stereocenters. The summed E-state index contributed by atoms with van der Waals surface area (Å²) in [6.07, 6.45) is 3.05. The highest BCUT2D eigenvalue weighted by Gasteiger charge is 1.99. The van der Waals surface area contributed by atoms with Gasteiger partial charge in [-0.3, -0.25) is 4.40 Å². The van der Waals surface area contributed by atoms with Gasteiger partial charge < -0.3 is 5.41 Å². The lowest BCUT2D eigenvalue weighted by molar-refractivity contribution is 1.14. The van der Waals surface area contributed by atoms with Gasteiger partial charge in [0, 0.05) is 12.4 Å². The molecule has 0 aromatic carbocycles. The molecular weight excluding hydrogens is 218 g/mol. The van der Waals surface area contributed by atoms with Crippen LogP contribution < -0.4 is 0 Å². The van der Waals surface area contributed by atoms with Gasteiger partial charge in [-0.25, -0.2) is 4.98 Å². The summed E-state index contributed by atoms with van der Waals surface area (Å²) in [5, 5.41) is 7.03. The number of fused-ring (bicyclic) bond motifs is 1. The fourth-order valence-electron chi connectivity index (χ4n) is 1.07. The Labute approximate surface area is 77.7 Å². The van der Waals surface area contributed by atoms with Crippen molar-refractivity contribution in [1.82, 2.24) is 9.38 Å². The van der Waals surface area contributed by atoms with Crippen molar-refractivity contribution in [2.75, 3.05) is 0 Å². The lowest BCUT2D eigenvalue weighted by Gasteiger charge is -1.93. The van der Waals surface area contributed by atoms with E-state index in [0.717, 1.165) is 10.3 Å². The van der Waals surface area contributed by atoms with Crippen LogP contribution in [0.5, 0.6) is 0 Å². The number of rotatable bonds is 1. The van der Waals surface area contributed by atoms with Crippen LogP contribution in [0.4, 0.5) is 0 Å². The molecule has 12 heavy (non-hydrogen) atoms. The van der Waals surface area contributed by atoms with Crippen molar-refractivity contribution in [3.05, 3.63) is 34.7 Å². The molecule has 0 atom stereocenters. The van der Waals surface area contributed by atoms with E-state index in [0.29, 0.717) is 5.69 Å². The SMILES string of the molecule is N=Cc1cn2c(Br)cccc2n1.